The maximum Gasteiger partial charge on any atom is 0.245 e. The lowest BCUT2D eigenvalue weighted by Gasteiger charge is -2.24. The zero-order valence-electron chi connectivity index (χ0n) is 11.3. The number of benzene rings is 1. The quantitative estimate of drug-likeness (QED) is 0.852. The second-order valence-electron chi connectivity index (χ2n) is 5.09. The molecule has 1 aromatic heterocycles. The van der Waals surface area contributed by atoms with Gasteiger partial charge in [0.1, 0.15) is 4.90 Å². The number of nitrogens with zero attached hydrogens (tertiary/aromatic N) is 1. The molecule has 3 N–H and O–H groups in total. The number of hydrogen-bond acceptors (Lipinski definition) is 3. The van der Waals surface area contributed by atoms with Gasteiger partial charge < -0.3 is 10.7 Å². The maximum absolute atomic E-state index is 12.9. The van der Waals surface area contributed by atoms with Gasteiger partial charge in [0, 0.05) is 24.1 Å². The zero-order valence-corrected chi connectivity index (χ0v) is 12.9. The van der Waals surface area contributed by atoms with Gasteiger partial charge in [-0.25, -0.2) is 8.42 Å². The Morgan fingerprint density at radius 2 is 2.14 bits per heavy atom. The topological polar surface area (TPSA) is 79.2 Å². The van der Waals surface area contributed by atoms with Gasteiger partial charge in [0.25, 0.3) is 0 Å². The number of H-pyrrole nitrogens is 1. The molecular weight excluding hydrogens is 310 g/mol. The molecule has 21 heavy (non-hydrogen) atoms. The highest BCUT2D eigenvalue weighted by Gasteiger charge is 2.37. The van der Waals surface area contributed by atoms with Gasteiger partial charge in [0.05, 0.1) is 11.1 Å². The highest BCUT2D eigenvalue weighted by Crippen LogP contribution is 2.37. The molecular formula is C14H16ClN3O2S. The number of nitrogens with two attached hydrogens (primary N) is 1. The van der Waals surface area contributed by atoms with E-state index < -0.39 is 10.0 Å². The Bertz CT molecular complexity index is 744. The van der Waals surface area contributed by atoms with E-state index in [1.165, 1.54) is 16.4 Å². The molecule has 2 heterocycles. The van der Waals surface area contributed by atoms with Crippen LogP contribution in [0.3, 0.4) is 0 Å². The SMILES string of the molecule is Nc1ccc(S(=O)(=O)N2CCCC2c2ccc[nH]2)c(Cl)c1. The lowest BCUT2D eigenvalue weighted by atomic mass is 10.2. The van der Waals surface area contributed by atoms with Crippen LogP contribution < -0.4 is 5.73 Å². The molecule has 0 amide bonds. The van der Waals surface area contributed by atoms with Crippen LogP contribution in [0.1, 0.15) is 24.6 Å². The number of rotatable bonds is 3. The van der Waals surface area contributed by atoms with E-state index >= 15 is 0 Å². The highest BCUT2D eigenvalue weighted by atomic mass is 35.5. The Kier molecular flexibility index (Phi) is 3.69. The van der Waals surface area contributed by atoms with Gasteiger partial charge in [0.15, 0.2) is 0 Å². The first-order chi connectivity index (χ1) is 10.00. The van der Waals surface area contributed by atoms with Gasteiger partial charge >= 0.3 is 0 Å². The fraction of sp³-hybridized carbons (Fsp3) is 0.286. The number of aromatic amines is 1. The molecule has 1 saturated heterocycles. The van der Waals surface area contributed by atoms with Crippen molar-refractivity contribution in [3.05, 3.63) is 47.2 Å². The smallest absolute Gasteiger partial charge is 0.245 e. The van der Waals surface area contributed by atoms with Crippen LogP contribution in [0.25, 0.3) is 0 Å². The van der Waals surface area contributed by atoms with Crippen molar-refractivity contribution in [2.75, 3.05) is 12.3 Å². The third-order valence-electron chi connectivity index (χ3n) is 3.73. The molecule has 0 saturated carbocycles. The lowest BCUT2D eigenvalue weighted by Crippen LogP contribution is -2.31. The van der Waals surface area contributed by atoms with E-state index in [4.69, 9.17) is 17.3 Å². The van der Waals surface area contributed by atoms with Crippen LogP contribution in [0.15, 0.2) is 41.4 Å². The number of sulfonamides is 1. The summed E-state index contributed by atoms with van der Waals surface area (Å²) in [5, 5.41) is 0.159. The van der Waals surface area contributed by atoms with Gasteiger partial charge in [-0.2, -0.15) is 4.31 Å². The molecule has 3 rings (SSSR count). The van der Waals surface area contributed by atoms with Crippen LogP contribution in [0.4, 0.5) is 5.69 Å². The molecule has 1 fully saturated rings. The number of hydrogen-bond donors (Lipinski definition) is 2. The second kappa shape index (κ2) is 5.36. The number of halogens is 1. The van der Waals surface area contributed by atoms with Gasteiger partial charge in [-0.05, 0) is 43.2 Å². The van der Waals surface area contributed by atoms with E-state index in [9.17, 15) is 8.42 Å². The Morgan fingerprint density at radius 3 is 2.81 bits per heavy atom. The minimum atomic E-state index is -3.64. The third-order valence-corrected chi connectivity index (χ3v) is 6.12. The molecule has 0 radical (unpaired) electrons. The van der Waals surface area contributed by atoms with E-state index in [0.717, 1.165) is 18.5 Å². The van der Waals surface area contributed by atoms with Crippen molar-refractivity contribution < 1.29 is 8.42 Å². The average molecular weight is 326 g/mol. The number of anilines is 1. The van der Waals surface area contributed by atoms with Gasteiger partial charge in [-0.3, -0.25) is 0 Å². The summed E-state index contributed by atoms with van der Waals surface area (Å²) in [5.74, 6) is 0. The molecule has 112 valence electrons. The van der Waals surface area contributed by atoms with Crippen LogP contribution >= 0.6 is 11.6 Å². The van der Waals surface area contributed by atoms with Crippen molar-refractivity contribution >= 4 is 27.3 Å². The summed E-state index contributed by atoms with van der Waals surface area (Å²) < 4.78 is 27.2. The molecule has 0 aliphatic carbocycles. The fourth-order valence-electron chi connectivity index (χ4n) is 2.74. The summed E-state index contributed by atoms with van der Waals surface area (Å²) in [7, 11) is -3.64. The van der Waals surface area contributed by atoms with Crippen molar-refractivity contribution in [2.45, 2.75) is 23.8 Å². The normalized spacial score (nSPS) is 20.0. The van der Waals surface area contributed by atoms with Gasteiger partial charge in [-0.15, -0.1) is 0 Å². The van der Waals surface area contributed by atoms with Crippen LogP contribution in [0, 0.1) is 0 Å². The molecule has 0 spiro atoms. The van der Waals surface area contributed by atoms with E-state index in [0.29, 0.717) is 12.2 Å². The summed E-state index contributed by atoms with van der Waals surface area (Å²) in [6.07, 6.45) is 3.43. The maximum atomic E-state index is 12.9. The van der Waals surface area contributed by atoms with Crippen LogP contribution in [0.5, 0.6) is 0 Å². The number of nitrogens with one attached hydrogen (secondary N) is 1. The molecule has 7 heteroatoms. The molecule has 1 aliphatic rings. The molecule has 5 nitrogen and oxygen atoms in total. The summed E-state index contributed by atoms with van der Waals surface area (Å²) in [5.41, 5.74) is 6.98. The summed E-state index contributed by atoms with van der Waals surface area (Å²) >= 11 is 6.07. The van der Waals surface area contributed by atoms with Crippen molar-refractivity contribution in [3.8, 4) is 0 Å². The van der Waals surface area contributed by atoms with Crippen molar-refractivity contribution in [1.29, 1.82) is 0 Å². The minimum absolute atomic E-state index is 0.108. The monoisotopic (exact) mass is 325 g/mol. The van der Waals surface area contributed by atoms with Crippen LogP contribution in [-0.4, -0.2) is 24.3 Å². The Hall–Kier alpha value is -1.50. The Labute approximate surface area is 128 Å². The van der Waals surface area contributed by atoms with Gasteiger partial charge in [-0.1, -0.05) is 11.6 Å². The molecule has 1 aliphatic heterocycles. The predicted octanol–water partition coefficient (Wildman–Crippen LogP) is 2.78. The molecule has 1 unspecified atom stereocenters. The first-order valence-corrected chi connectivity index (χ1v) is 8.52. The van der Waals surface area contributed by atoms with E-state index in [2.05, 4.69) is 4.98 Å². The molecule has 0 bridgehead atoms. The minimum Gasteiger partial charge on any atom is -0.399 e. The lowest BCUT2D eigenvalue weighted by molar-refractivity contribution is 0.391. The standard InChI is InChI=1S/C14H16ClN3O2S/c15-11-9-10(16)5-6-14(11)21(19,20)18-8-2-4-13(18)12-3-1-7-17-12/h1,3,5-7,9,13,17H,2,4,8,16H2. The number of nitrogen functional groups attached to an aromatic ring is 1. The van der Waals surface area contributed by atoms with E-state index in [-0.39, 0.29) is 16.0 Å². The summed E-state index contributed by atoms with van der Waals surface area (Å²) in [4.78, 5) is 3.21. The van der Waals surface area contributed by atoms with Crippen LogP contribution in [0.2, 0.25) is 5.02 Å². The fourth-order valence-corrected chi connectivity index (χ4v) is 4.95. The van der Waals surface area contributed by atoms with Crippen molar-refractivity contribution in [1.82, 2.24) is 9.29 Å². The Morgan fingerprint density at radius 1 is 1.33 bits per heavy atom. The Balaban J connectivity index is 2.01. The average Bonchev–Trinajstić information content (AvgIpc) is 3.09. The summed E-state index contributed by atoms with van der Waals surface area (Å²) in [6.45, 7) is 0.493. The highest BCUT2D eigenvalue weighted by molar-refractivity contribution is 7.89. The van der Waals surface area contributed by atoms with Crippen LogP contribution in [-0.2, 0) is 10.0 Å². The van der Waals surface area contributed by atoms with E-state index in [1.54, 1.807) is 12.3 Å². The molecule has 1 atom stereocenters. The third kappa shape index (κ3) is 2.54. The van der Waals surface area contributed by atoms with Crippen molar-refractivity contribution in [3.63, 3.8) is 0 Å². The predicted molar refractivity (Wildman–Crippen MR) is 82.5 cm³/mol. The summed E-state index contributed by atoms with van der Waals surface area (Å²) in [6, 6.07) is 8.10. The number of aromatic nitrogens is 1. The largest absolute Gasteiger partial charge is 0.399 e. The van der Waals surface area contributed by atoms with Gasteiger partial charge in [0.2, 0.25) is 10.0 Å². The molecule has 2 aromatic rings. The molecule has 1 aromatic carbocycles. The second-order valence-corrected chi connectivity index (χ2v) is 7.36. The van der Waals surface area contributed by atoms with E-state index in [1.807, 2.05) is 12.1 Å². The first kappa shape index (κ1) is 14.4. The zero-order chi connectivity index (χ0) is 15.0. The first-order valence-electron chi connectivity index (χ1n) is 6.70. The van der Waals surface area contributed by atoms with Crippen molar-refractivity contribution in [2.24, 2.45) is 0 Å².